The van der Waals surface area contributed by atoms with Crippen LogP contribution in [0.25, 0.3) is 55.7 Å². The third-order valence-electron chi connectivity index (χ3n) is 5.98. The SMILES string of the molecule is CC(C)Nc1cncc(-c2ccc3[nH]nc(-c4cc5c(-c6ccccc6F)cccc5[nH]4)c3n2)c1. The molecule has 0 radical (unpaired) electrons. The van der Waals surface area contributed by atoms with E-state index in [-0.39, 0.29) is 5.82 Å². The molecule has 6 aromatic rings. The van der Waals surface area contributed by atoms with Gasteiger partial charge in [-0.25, -0.2) is 9.37 Å². The lowest BCUT2D eigenvalue weighted by atomic mass is 10.0. The summed E-state index contributed by atoms with van der Waals surface area (Å²) in [6.45, 7) is 4.18. The van der Waals surface area contributed by atoms with Crippen LogP contribution >= 0.6 is 0 Å². The number of nitrogens with one attached hydrogen (secondary N) is 3. The Hall–Kier alpha value is -4.52. The highest BCUT2D eigenvalue weighted by Gasteiger charge is 2.16. The minimum Gasteiger partial charge on any atom is -0.382 e. The average Bonchev–Trinajstić information content (AvgIpc) is 3.47. The highest BCUT2D eigenvalue weighted by atomic mass is 19.1. The molecule has 6 rings (SSSR count). The Labute approximate surface area is 201 Å². The van der Waals surface area contributed by atoms with Gasteiger partial charge in [0.1, 0.15) is 17.0 Å². The second kappa shape index (κ2) is 8.36. The Balaban J connectivity index is 1.46. The molecular formula is C28H23FN6. The Morgan fingerprint density at radius 2 is 1.74 bits per heavy atom. The zero-order chi connectivity index (χ0) is 23.9. The van der Waals surface area contributed by atoms with Crippen molar-refractivity contribution < 1.29 is 4.39 Å². The molecule has 0 bridgehead atoms. The molecule has 7 heteroatoms. The van der Waals surface area contributed by atoms with Crippen LogP contribution in [0.4, 0.5) is 10.1 Å². The van der Waals surface area contributed by atoms with Gasteiger partial charge in [-0.1, -0.05) is 30.3 Å². The van der Waals surface area contributed by atoms with E-state index < -0.39 is 0 Å². The predicted octanol–water partition coefficient (Wildman–Crippen LogP) is 6.79. The van der Waals surface area contributed by atoms with Crippen LogP contribution in [-0.4, -0.2) is 31.2 Å². The summed E-state index contributed by atoms with van der Waals surface area (Å²) in [4.78, 5) is 12.7. The first-order valence-corrected chi connectivity index (χ1v) is 11.5. The van der Waals surface area contributed by atoms with Gasteiger partial charge >= 0.3 is 0 Å². The largest absolute Gasteiger partial charge is 0.382 e. The Kier molecular flexibility index (Phi) is 5.03. The van der Waals surface area contributed by atoms with Crippen LogP contribution in [0.2, 0.25) is 0 Å². The first kappa shape index (κ1) is 21.0. The highest BCUT2D eigenvalue weighted by molar-refractivity contribution is 6.00. The summed E-state index contributed by atoms with van der Waals surface area (Å²) >= 11 is 0. The second-order valence-electron chi connectivity index (χ2n) is 8.86. The molecule has 4 heterocycles. The lowest BCUT2D eigenvalue weighted by Gasteiger charge is -2.10. The summed E-state index contributed by atoms with van der Waals surface area (Å²) in [6.07, 6.45) is 3.62. The number of pyridine rings is 2. The second-order valence-corrected chi connectivity index (χ2v) is 8.86. The number of halogens is 1. The average molecular weight is 463 g/mol. The van der Waals surface area contributed by atoms with Crippen LogP contribution in [0.3, 0.4) is 0 Å². The molecule has 35 heavy (non-hydrogen) atoms. The summed E-state index contributed by atoms with van der Waals surface area (Å²) < 4.78 is 14.5. The van der Waals surface area contributed by atoms with E-state index in [0.29, 0.717) is 17.3 Å². The molecular weight excluding hydrogens is 439 g/mol. The smallest absolute Gasteiger partial charge is 0.135 e. The van der Waals surface area contributed by atoms with E-state index in [0.717, 1.165) is 50.1 Å². The van der Waals surface area contributed by atoms with Crippen molar-refractivity contribution in [2.75, 3.05) is 5.32 Å². The van der Waals surface area contributed by atoms with Crippen LogP contribution in [0.1, 0.15) is 13.8 Å². The lowest BCUT2D eigenvalue weighted by Crippen LogP contribution is -2.09. The molecule has 6 nitrogen and oxygen atoms in total. The maximum Gasteiger partial charge on any atom is 0.135 e. The molecule has 0 saturated heterocycles. The molecule has 172 valence electrons. The quantitative estimate of drug-likeness (QED) is 0.263. The topological polar surface area (TPSA) is 82.3 Å². The van der Waals surface area contributed by atoms with E-state index in [1.807, 2.05) is 60.9 Å². The summed E-state index contributed by atoms with van der Waals surface area (Å²) in [5.74, 6) is -0.248. The molecule has 4 aromatic heterocycles. The van der Waals surface area contributed by atoms with E-state index in [4.69, 9.17) is 4.98 Å². The van der Waals surface area contributed by atoms with Crippen LogP contribution < -0.4 is 5.32 Å². The lowest BCUT2D eigenvalue weighted by molar-refractivity contribution is 0.631. The number of benzene rings is 2. The van der Waals surface area contributed by atoms with Gasteiger partial charge in [0, 0.05) is 40.5 Å². The number of aromatic amines is 2. The van der Waals surface area contributed by atoms with E-state index in [9.17, 15) is 4.39 Å². The molecule has 0 aliphatic carbocycles. The molecule has 0 fully saturated rings. The number of aromatic nitrogens is 5. The van der Waals surface area contributed by atoms with Crippen molar-refractivity contribution in [1.82, 2.24) is 25.1 Å². The minimum absolute atomic E-state index is 0.248. The van der Waals surface area contributed by atoms with Gasteiger partial charge in [0.05, 0.1) is 22.6 Å². The van der Waals surface area contributed by atoms with Crippen LogP contribution in [0.5, 0.6) is 0 Å². The maximum absolute atomic E-state index is 14.5. The molecule has 0 aliphatic heterocycles. The van der Waals surface area contributed by atoms with Crippen LogP contribution in [-0.2, 0) is 0 Å². The van der Waals surface area contributed by atoms with Crippen LogP contribution in [0, 0.1) is 5.82 Å². The highest BCUT2D eigenvalue weighted by Crippen LogP contribution is 2.35. The predicted molar refractivity (Wildman–Crippen MR) is 139 cm³/mol. The van der Waals surface area contributed by atoms with Crippen molar-refractivity contribution in [3.63, 3.8) is 0 Å². The molecule has 2 aromatic carbocycles. The summed E-state index contributed by atoms with van der Waals surface area (Å²) in [7, 11) is 0. The van der Waals surface area contributed by atoms with E-state index >= 15 is 0 Å². The number of H-pyrrole nitrogens is 2. The fourth-order valence-electron chi connectivity index (χ4n) is 4.44. The number of fused-ring (bicyclic) bond motifs is 2. The van der Waals surface area contributed by atoms with Crippen molar-refractivity contribution in [3.8, 4) is 33.8 Å². The molecule has 0 amide bonds. The van der Waals surface area contributed by atoms with Gasteiger partial charge < -0.3 is 10.3 Å². The number of hydrogen-bond donors (Lipinski definition) is 3. The van der Waals surface area contributed by atoms with Crippen molar-refractivity contribution in [1.29, 1.82) is 0 Å². The number of rotatable bonds is 5. The number of anilines is 1. The van der Waals surface area contributed by atoms with Crippen molar-refractivity contribution in [3.05, 3.63) is 84.9 Å². The maximum atomic E-state index is 14.5. The van der Waals surface area contributed by atoms with Gasteiger partial charge in [0.2, 0.25) is 0 Å². The fourth-order valence-corrected chi connectivity index (χ4v) is 4.44. The third-order valence-corrected chi connectivity index (χ3v) is 5.98. The standard InChI is InChI=1S/C28H23FN6/c1-16(2)31-18-12-17(14-30-15-18)23-10-11-25-27(33-23)28(35-34-25)26-13-21-19(7-5-9-24(21)32-26)20-6-3-4-8-22(20)29/h3-16,31-32H,1-2H3,(H,34,35). The normalized spacial score (nSPS) is 11.5. The zero-order valence-corrected chi connectivity index (χ0v) is 19.3. The Morgan fingerprint density at radius 1 is 0.886 bits per heavy atom. The van der Waals surface area contributed by atoms with Crippen molar-refractivity contribution >= 4 is 27.6 Å². The van der Waals surface area contributed by atoms with Crippen LogP contribution in [0.15, 0.2) is 79.1 Å². The monoisotopic (exact) mass is 462 g/mol. The van der Waals surface area contributed by atoms with Crippen molar-refractivity contribution in [2.45, 2.75) is 19.9 Å². The van der Waals surface area contributed by atoms with Crippen molar-refractivity contribution in [2.24, 2.45) is 0 Å². The zero-order valence-electron chi connectivity index (χ0n) is 19.3. The van der Waals surface area contributed by atoms with Gasteiger partial charge in [0.25, 0.3) is 0 Å². The molecule has 0 aliphatic rings. The van der Waals surface area contributed by atoms with Gasteiger partial charge in [-0.05, 0) is 55.8 Å². The Morgan fingerprint density at radius 3 is 2.60 bits per heavy atom. The number of nitrogens with zero attached hydrogens (tertiary/aromatic N) is 3. The minimum atomic E-state index is -0.248. The molecule has 0 saturated carbocycles. The van der Waals surface area contributed by atoms with E-state index in [2.05, 4.69) is 39.3 Å². The van der Waals surface area contributed by atoms with Gasteiger partial charge in [0.15, 0.2) is 0 Å². The van der Waals surface area contributed by atoms with E-state index in [1.165, 1.54) is 6.07 Å². The molecule has 0 atom stereocenters. The van der Waals surface area contributed by atoms with Gasteiger partial charge in [-0.15, -0.1) is 0 Å². The van der Waals surface area contributed by atoms with E-state index in [1.54, 1.807) is 12.1 Å². The molecule has 0 unspecified atom stereocenters. The third kappa shape index (κ3) is 3.81. The first-order valence-electron chi connectivity index (χ1n) is 11.5. The summed E-state index contributed by atoms with van der Waals surface area (Å²) in [5, 5.41) is 11.9. The fraction of sp³-hybridized carbons (Fsp3) is 0.107. The molecule has 0 spiro atoms. The van der Waals surface area contributed by atoms with Gasteiger partial charge in [-0.2, -0.15) is 5.10 Å². The van der Waals surface area contributed by atoms with Gasteiger partial charge in [-0.3, -0.25) is 10.1 Å². The Bertz CT molecular complexity index is 1680. The summed E-state index contributed by atoms with van der Waals surface area (Å²) in [5.41, 5.74) is 8.09. The molecule has 3 N–H and O–H groups in total. The summed E-state index contributed by atoms with van der Waals surface area (Å²) in [6, 6.07) is 21.0. The number of hydrogen-bond acceptors (Lipinski definition) is 4. The first-order chi connectivity index (χ1) is 17.1.